The number of rotatable bonds is 5. The summed E-state index contributed by atoms with van der Waals surface area (Å²) in [4.78, 5) is 11.9. The molecule has 0 aliphatic heterocycles. The monoisotopic (exact) mass is 272 g/mol. The Bertz CT molecular complexity index is 561. The SMILES string of the molecule is Cc1cccc(SCc2ccc(CC(=O)O)cc2)c1. The van der Waals surface area contributed by atoms with Crippen molar-refractivity contribution in [2.45, 2.75) is 24.0 Å². The molecule has 1 N–H and O–H groups in total. The lowest BCUT2D eigenvalue weighted by Gasteiger charge is -2.04. The Hall–Kier alpha value is -1.74. The maximum absolute atomic E-state index is 10.6. The lowest BCUT2D eigenvalue weighted by molar-refractivity contribution is -0.136. The molecule has 0 aliphatic carbocycles. The van der Waals surface area contributed by atoms with Crippen molar-refractivity contribution in [3.63, 3.8) is 0 Å². The highest BCUT2D eigenvalue weighted by molar-refractivity contribution is 7.98. The fourth-order valence-corrected chi connectivity index (χ4v) is 2.77. The van der Waals surface area contributed by atoms with Gasteiger partial charge in [0.05, 0.1) is 6.42 Å². The minimum atomic E-state index is -0.790. The van der Waals surface area contributed by atoms with E-state index in [1.54, 1.807) is 11.8 Å². The zero-order valence-corrected chi connectivity index (χ0v) is 11.6. The van der Waals surface area contributed by atoms with Crippen LogP contribution in [0.1, 0.15) is 16.7 Å². The summed E-state index contributed by atoms with van der Waals surface area (Å²) < 4.78 is 0. The predicted octanol–water partition coefficient (Wildman–Crippen LogP) is 3.91. The van der Waals surface area contributed by atoms with Gasteiger partial charge in [0.1, 0.15) is 0 Å². The van der Waals surface area contributed by atoms with Crippen LogP contribution in [0.15, 0.2) is 53.4 Å². The first kappa shape index (κ1) is 13.7. The Morgan fingerprint density at radius 1 is 1.11 bits per heavy atom. The van der Waals surface area contributed by atoms with Gasteiger partial charge in [-0.2, -0.15) is 0 Å². The van der Waals surface area contributed by atoms with Crippen LogP contribution in [0.3, 0.4) is 0 Å². The number of carboxylic acid groups (broad SMARTS) is 1. The summed E-state index contributed by atoms with van der Waals surface area (Å²) in [5.41, 5.74) is 3.32. The smallest absolute Gasteiger partial charge is 0.307 e. The van der Waals surface area contributed by atoms with Crippen LogP contribution in [0.4, 0.5) is 0 Å². The van der Waals surface area contributed by atoms with Crippen LogP contribution in [0.2, 0.25) is 0 Å². The number of carbonyl (C=O) groups is 1. The van der Waals surface area contributed by atoms with E-state index in [1.165, 1.54) is 16.0 Å². The van der Waals surface area contributed by atoms with Gasteiger partial charge >= 0.3 is 5.97 Å². The first-order valence-electron chi connectivity index (χ1n) is 6.12. The second-order valence-electron chi connectivity index (χ2n) is 4.49. The van der Waals surface area contributed by atoms with Crippen molar-refractivity contribution < 1.29 is 9.90 Å². The largest absolute Gasteiger partial charge is 0.481 e. The van der Waals surface area contributed by atoms with E-state index < -0.39 is 5.97 Å². The molecule has 2 rings (SSSR count). The van der Waals surface area contributed by atoms with Gasteiger partial charge in [-0.25, -0.2) is 0 Å². The predicted molar refractivity (Wildman–Crippen MR) is 78.5 cm³/mol. The third-order valence-corrected chi connectivity index (χ3v) is 3.84. The summed E-state index contributed by atoms with van der Waals surface area (Å²) in [5.74, 6) is 0.110. The summed E-state index contributed by atoms with van der Waals surface area (Å²) in [7, 11) is 0. The summed E-state index contributed by atoms with van der Waals surface area (Å²) in [6.07, 6.45) is 0.0886. The molecule has 0 amide bonds. The van der Waals surface area contributed by atoms with Crippen LogP contribution in [0.5, 0.6) is 0 Å². The molecule has 0 saturated heterocycles. The molecule has 0 unspecified atom stereocenters. The molecule has 0 atom stereocenters. The van der Waals surface area contributed by atoms with Gasteiger partial charge in [0.25, 0.3) is 0 Å². The van der Waals surface area contributed by atoms with Gasteiger partial charge in [0.2, 0.25) is 0 Å². The molecular formula is C16H16O2S. The Morgan fingerprint density at radius 2 is 1.79 bits per heavy atom. The molecule has 0 saturated carbocycles. The fourth-order valence-electron chi connectivity index (χ4n) is 1.80. The Kier molecular flexibility index (Phi) is 4.63. The Labute approximate surface area is 117 Å². The zero-order valence-electron chi connectivity index (χ0n) is 10.8. The van der Waals surface area contributed by atoms with Crippen LogP contribution < -0.4 is 0 Å². The number of aliphatic carboxylic acids is 1. The fraction of sp³-hybridized carbons (Fsp3) is 0.188. The molecule has 0 bridgehead atoms. The van der Waals surface area contributed by atoms with Crippen LogP contribution in [-0.4, -0.2) is 11.1 Å². The van der Waals surface area contributed by atoms with Gasteiger partial charge in [-0.1, -0.05) is 42.0 Å². The molecular weight excluding hydrogens is 256 g/mol. The van der Waals surface area contributed by atoms with Crippen molar-refractivity contribution >= 4 is 17.7 Å². The number of benzene rings is 2. The number of aryl methyl sites for hydroxylation is 1. The van der Waals surface area contributed by atoms with Gasteiger partial charge in [0, 0.05) is 10.6 Å². The summed E-state index contributed by atoms with van der Waals surface area (Å²) in [6.45, 7) is 2.09. The van der Waals surface area contributed by atoms with Crippen molar-refractivity contribution in [2.75, 3.05) is 0 Å². The van der Waals surface area contributed by atoms with Crippen molar-refractivity contribution in [1.82, 2.24) is 0 Å². The zero-order chi connectivity index (χ0) is 13.7. The molecule has 2 aromatic carbocycles. The topological polar surface area (TPSA) is 37.3 Å². The van der Waals surface area contributed by atoms with E-state index in [0.717, 1.165) is 11.3 Å². The minimum absolute atomic E-state index is 0.0886. The molecule has 2 nitrogen and oxygen atoms in total. The van der Waals surface area contributed by atoms with E-state index in [-0.39, 0.29) is 6.42 Å². The maximum Gasteiger partial charge on any atom is 0.307 e. The van der Waals surface area contributed by atoms with Crippen molar-refractivity contribution in [2.24, 2.45) is 0 Å². The number of hydrogen-bond donors (Lipinski definition) is 1. The lowest BCUT2D eigenvalue weighted by Crippen LogP contribution is -1.99. The van der Waals surface area contributed by atoms with E-state index in [0.29, 0.717) is 0 Å². The van der Waals surface area contributed by atoms with E-state index in [2.05, 4.69) is 31.2 Å². The second-order valence-corrected chi connectivity index (χ2v) is 5.54. The summed E-state index contributed by atoms with van der Waals surface area (Å²) >= 11 is 1.79. The average molecular weight is 272 g/mol. The molecule has 2 aromatic rings. The van der Waals surface area contributed by atoms with E-state index in [9.17, 15) is 4.79 Å². The quantitative estimate of drug-likeness (QED) is 0.838. The van der Waals surface area contributed by atoms with Gasteiger partial charge in [-0.05, 0) is 30.2 Å². The first-order chi connectivity index (χ1) is 9.13. The van der Waals surface area contributed by atoms with Crippen LogP contribution >= 0.6 is 11.8 Å². The van der Waals surface area contributed by atoms with E-state index >= 15 is 0 Å². The Balaban J connectivity index is 1.94. The summed E-state index contributed by atoms with van der Waals surface area (Å²) in [5, 5.41) is 8.71. The number of carboxylic acids is 1. The number of hydrogen-bond acceptors (Lipinski definition) is 2. The average Bonchev–Trinajstić information content (AvgIpc) is 2.37. The molecule has 0 aromatic heterocycles. The first-order valence-corrected chi connectivity index (χ1v) is 7.11. The third-order valence-electron chi connectivity index (χ3n) is 2.77. The van der Waals surface area contributed by atoms with Crippen LogP contribution in [0.25, 0.3) is 0 Å². The van der Waals surface area contributed by atoms with Crippen molar-refractivity contribution in [3.05, 3.63) is 65.2 Å². The standard InChI is InChI=1S/C16H16O2S/c1-12-3-2-4-15(9-12)19-11-14-7-5-13(6-8-14)10-16(17)18/h2-9H,10-11H2,1H3,(H,17,18). The molecule has 0 radical (unpaired) electrons. The van der Waals surface area contributed by atoms with Crippen molar-refractivity contribution in [1.29, 1.82) is 0 Å². The van der Waals surface area contributed by atoms with Gasteiger partial charge in [-0.15, -0.1) is 11.8 Å². The highest BCUT2D eigenvalue weighted by Gasteiger charge is 2.01. The van der Waals surface area contributed by atoms with E-state index in [4.69, 9.17) is 5.11 Å². The molecule has 0 spiro atoms. The minimum Gasteiger partial charge on any atom is -0.481 e. The van der Waals surface area contributed by atoms with Crippen LogP contribution in [-0.2, 0) is 17.0 Å². The molecule has 98 valence electrons. The third kappa shape index (κ3) is 4.45. The van der Waals surface area contributed by atoms with Crippen molar-refractivity contribution in [3.8, 4) is 0 Å². The highest BCUT2D eigenvalue weighted by Crippen LogP contribution is 2.23. The number of thioether (sulfide) groups is 1. The lowest BCUT2D eigenvalue weighted by atomic mass is 10.1. The maximum atomic E-state index is 10.6. The second kappa shape index (κ2) is 6.43. The molecule has 3 heteroatoms. The van der Waals surface area contributed by atoms with Gasteiger partial charge in [0.15, 0.2) is 0 Å². The van der Waals surface area contributed by atoms with Crippen LogP contribution in [0, 0.1) is 6.92 Å². The van der Waals surface area contributed by atoms with Gasteiger partial charge in [-0.3, -0.25) is 4.79 Å². The van der Waals surface area contributed by atoms with Gasteiger partial charge < -0.3 is 5.11 Å². The summed E-state index contributed by atoms with van der Waals surface area (Å²) in [6, 6.07) is 16.2. The van der Waals surface area contributed by atoms with E-state index in [1.807, 2.05) is 24.3 Å². The normalized spacial score (nSPS) is 10.4. The molecule has 0 fully saturated rings. The Morgan fingerprint density at radius 3 is 2.42 bits per heavy atom. The molecule has 0 aliphatic rings. The highest BCUT2D eigenvalue weighted by atomic mass is 32.2. The molecule has 19 heavy (non-hydrogen) atoms. The molecule has 0 heterocycles.